The van der Waals surface area contributed by atoms with E-state index in [1.165, 1.54) is 25.2 Å². The second-order valence-electron chi connectivity index (χ2n) is 7.89. The lowest BCUT2D eigenvalue weighted by molar-refractivity contribution is -0.139. The van der Waals surface area contributed by atoms with Gasteiger partial charge in [-0.3, -0.25) is 13.9 Å². The lowest BCUT2D eigenvalue weighted by atomic mass is 10.1. The quantitative estimate of drug-likeness (QED) is 0.517. The number of carbonyl (C=O) groups is 2. The van der Waals surface area contributed by atoms with Crippen molar-refractivity contribution >= 4 is 27.5 Å². The van der Waals surface area contributed by atoms with E-state index in [9.17, 15) is 18.0 Å². The number of hydrogen-bond donors (Lipinski definition) is 1. The summed E-state index contributed by atoms with van der Waals surface area (Å²) in [4.78, 5) is 27.5. The van der Waals surface area contributed by atoms with Gasteiger partial charge in [0.25, 0.3) is 0 Å². The number of anilines is 1. The van der Waals surface area contributed by atoms with Crippen molar-refractivity contribution in [2.75, 3.05) is 37.9 Å². The van der Waals surface area contributed by atoms with Crippen molar-refractivity contribution in [1.82, 2.24) is 10.2 Å². The first-order chi connectivity index (χ1) is 16.0. The Morgan fingerprint density at radius 1 is 1.09 bits per heavy atom. The molecular weight excluding hydrogens is 458 g/mol. The minimum absolute atomic E-state index is 0.145. The van der Waals surface area contributed by atoms with Crippen molar-refractivity contribution in [3.05, 3.63) is 53.6 Å². The summed E-state index contributed by atoms with van der Waals surface area (Å²) in [5.41, 5.74) is 2.00. The van der Waals surface area contributed by atoms with Gasteiger partial charge < -0.3 is 19.7 Å². The molecule has 2 amide bonds. The summed E-state index contributed by atoms with van der Waals surface area (Å²) in [5.74, 6) is -0.186. The van der Waals surface area contributed by atoms with Gasteiger partial charge in [0.05, 0.1) is 26.2 Å². The fourth-order valence-corrected chi connectivity index (χ4v) is 4.34. The smallest absolute Gasteiger partial charge is 0.244 e. The summed E-state index contributed by atoms with van der Waals surface area (Å²) in [6, 6.07) is 11.5. The van der Waals surface area contributed by atoms with Crippen LogP contribution in [0.1, 0.15) is 25.0 Å². The lowest BCUT2D eigenvalue weighted by Crippen LogP contribution is -2.51. The number of likely N-dealkylation sites (N-methyl/N-ethyl adjacent to an activating group) is 1. The first kappa shape index (κ1) is 27.0. The zero-order valence-electron chi connectivity index (χ0n) is 20.5. The number of amides is 2. The van der Waals surface area contributed by atoms with Gasteiger partial charge in [-0.1, -0.05) is 29.8 Å². The average Bonchev–Trinajstić information content (AvgIpc) is 2.79. The van der Waals surface area contributed by atoms with Gasteiger partial charge in [-0.15, -0.1) is 0 Å². The molecular formula is C24H33N3O6S. The van der Waals surface area contributed by atoms with E-state index in [4.69, 9.17) is 9.47 Å². The maximum Gasteiger partial charge on any atom is 0.244 e. The molecule has 2 rings (SSSR count). The van der Waals surface area contributed by atoms with Crippen molar-refractivity contribution < 1.29 is 27.5 Å². The molecule has 0 aliphatic rings. The first-order valence-corrected chi connectivity index (χ1v) is 12.7. The van der Waals surface area contributed by atoms with Crippen LogP contribution in [-0.2, 0) is 26.2 Å². The Morgan fingerprint density at radius 3 is 2.35 bits per heavy atom. The van der Waals surface area contributed by atoms with Gasteiger partial charge in [0.1, 0.15) is 24.1 Å². The number of carbonyl (C=O) groups excluding carboxylic acids is 2. The maximum absolute atomic E-state index is 13.5. The van der Waals surface area contributed by atoms with E-state index in [-0.39, 0.29) is 23.9 Å². The molecule has 0 bridgehead atoms. The molecule has 0 saturated carbocycles. The van der Waals surface area contributed by atoms with Crippen molar-refractivity contribution in [2.45, 2.75) is 33.4 Å². The molecule has 2 aromatic carbocycles. The number of sulfonamides is 1. The number of ether oxygens (including phenoxy) is 2. The summed E-state index contributed by atoms with van der Waals surface area (Å²) in [5, 5.41) is 2.73. The molecule has 10 heteroatoms. The van der Waals surface area contributed by atoms with Gasteiger partial charge in [0.2, 0.25) is 21.8 Å². The topological polar surface area (TPSA) is 105 Å². The van der Waals surface area contributed by atoms with Gasteiger partial charge in [-0.25, -0.2) is 8.42 Å². The Hall–Kier alpha value is -3.27. The van der Waals surface area contributed by atoms with Crippen LogP contribution < -0.4 is 19.1 Å². The third-order valence-electron chi connectivity index (χ3n) is 5.29. The van der Waals surface area contributed by atoms with Crippen molar-refractivity contribution in [3.63, 3.8) is 0 Å². The maximum atomic E-state index is 13.5. The standard InChI is InChI=1S/C24H33N3O6S/c1-7-25-24(29)18(3)26(15-19-10-8-9-17(2)13-19)23(28)16-27(34(6,30)31)21-14-20(32-4)11-12-22(21)33-5/h8-14,18H,7,15-16H2,1-6H3,(H,25,29)/t18-/m1/s1. The molecule has 2 aromatic rings. The summed E-state index contributed by atoms with van der Waals surface area (Å²) >= 11 is 0. The predicted octanol–water partition coefficient (Wildman–Crippen LogP) is 2.33. The molecule has 0 aromatic heterocycles. The van der Waals surface area contributed by atoms with Gasteiger partial charge in [0.15, 0.2) is 0 Å². The van der Waals surface area contributed by atoms with Crippen LogP contribution in [-0.4, -0.2) is 64.7 Å². The van der Waals surface area contributed by atoms with E-state index in [0.29, 0.717) is 12.3 Å². The van der Waals surface area contributed by atoms with E-state index in [2.05, 4.69) is 5.32 Å². The highest BCUT2D eigenvalue weighted by Gasteiger charge is 2.31. The summed E-state index contributed by atoms with van der Waals surface area (Å²) in [6.07, 6.45) is 1.01. The van der Waals surface area contributed by atoms with E-state index in [1.807, 2.05) is 31.2 Å². The van der Waals surface area contributed by atoms with Gasteiger partial charge in [-0.05, 0) is 38.5 Å². The molecule has 0 radical (unpaired) electrons. The zero-order chi connectivity index (χ0) is 25.5. The van der Waals surface area contributed by atoms with Crippen LogP contribution in [0.25, 0.3) is 0 Å². The van der Waals surface area contributed by atoms with Crippen LogP contribution in [0.3, 0.4) is 0 Å². The monoisotopic (exact) mass is 491 g/mol. The van der Waals surface area contributed by atoms with Crippen molar-refractivity contribution in [3.8, 4) is 11.5 Å². The van der Waals surface area contributed by atoms with Crippen LogP contribution in [0.15, 0.2) is 42.5 Å². The fraction of sp³-hybridized carbons (Fsp3) is 0.417. The molecule has 0 spiro atoms. The third kappa shape index (κ3) is 6.86. The molecule has 0 fully saturated rings. The lowest BCUT2D eigenvalue weighted by Gasteiger charge is -2.32. The normalized spacial score (nSPS) is 11.9. The van der Waals surface area contributed by atoms with Crippen molar-refractivity contribution in [2.24, 2.45) is 0 Å². The average molecular weight is 492 g/mol. The van der Waals surface area contributed by atoms with E-state index < -0.39 is 28.5 Å². The van der Waals surface area contributed by atoms with E-state index >= 15 is 0 Å². The molecule has 1 atom stereocenters. The summed E-state index contributed by atoms with van der Waals surface area (Å²) in [6.45, 7) is 5.38. The van der Waals surface area contributed by atoms with Crippen LogP contribution in [0, 0.1) is 6.92 Å². The van der Waals surface area contributed by atoms with Gasteiger partial charge in [0, 0.05) is 19.2 Å². The molecule has 1 N–H and O–H groups in total. The highest BCUT2D eigenvalue weighted by Crippen LogP contribution is 2.34. The molecule has 0 aliphatic carbocycles. The number of nitrogens with one attached hydrogen (secondary N) is 1. The fourth-order valence-electron chi connectivity index (χ4n) is 3.50. The molecule has 0 aliphatic heterocycles. The molecule has 9 nitrogen and oxygen atoms in total. The highest BCUT2D eigenvalue weighted by atomic mass is 32.2. The summed E-state index contributed by atoms with van der Waals surface area (Å²) in [7, 11) is -1.02. The predicted molar refractivity (Wildman–Crippen MR) is 132 cm³/mol. The number of hydrogen-bond acceptors (Lipinski definition) is 6. The summed E-state index contributed by atoms with van der Waals surface area (Å²) < 4.78 is 37.0. The number of methoxy groups -OCH3 is 2. The number of nitrogens with zero attached hydrogens (tertiary/aromatic N) is 2. The minimum Gasteiger partial charge on any atom is -0.497 e. The Kier molecular flexibility index (Phi) is 9.31. The van der Waals surface area contributed by atoms with E-state index in [0.717, 1.165) is 21.7 Å². The molecule has 0 heterocycles. The van der Waals surface area contributed by atoms with Crippen LogP contribution in [0.5, 0.6) is 11.5 Å². The Labute approximate surface area is 201 Å². The van der Waals surface area contributed by atoms with Crippen LogP contribution in [0.4, 0.5) is 5.69 Å². The second-order valence-corrected chi connectivity index (χ2v) is 9.80. The number of rotatable bonds is 11. The van der Waals surface area contributed by atoms with Crippen LogP contribution in [0.2, 0.25) is 0 Å². The Morgan fingerprint density at radius 2 is 1.79 bits per heavy atom. The van der Waals surface area contributed by atoms with Crippen molar-refractivity contribution in [1.29, 1.82) is 0 Å². The minimum atomic E-state index is -3.89. The zero-order valence-corrected chi connectivity index (χ0v) is 21.3. The molecule has 0 unspecified atom stereocenters. The van der Waals surface area contributed by atoms with E-state index in [1.54, 1.807) is 26.0 Å². The van der Waals surface area contributed by atoms with Crippen LogP contribution >= 0.6 is 0 Å². The molecule has 34 heavy (non-hydrogen) atoms. The van der Waals surface area contributed by atoms with Gasteiger partial charge >= 0.3 is 0 Å². The Balaban J connectivity index is 2.48. The largest absolute Gasteiger partial charge is 0.497 e. The Bertz CT molecular complexity index is 1120. The number of benzene rings is 2. The number of aryl methyl sites for hydroxylation is 1. The molecule has 186 valence electrons. The van der Waals surface area contributed by atoms with Gasteiger partial charge in [-0.2, -0.15) is 0 Å². The molecule has 0 saturated heterocycles. The highest BCUT2D eigenvalue weighted by molar-refractivity contribution is 7.92. The first-order valence-electron chi connectivity index (χ1n) is 10.8. The second kappa shape index (κ2) is 11.7. The third-order valence-corrected chi connectivity index (χ3v) is 6.41. The SMILES string of the molecule is CCNC(=O)[C@@H](C)N(Cc1cccc(C)c1)C(=O)CN(c1cc(OC)ccc1OC)S(C)(=O)=O.